The van der Waals surface area contributed by atoms with Gasteiger partial charge in [-0.1, -0.05) is 32.9 Å². The van der Waals surface area contributed by atoms with Crippen molar-refractivity contribution >= 4 is 28.4 Å². The number of aromatic nitrogens is 5. The van der Waals surface area contributed by atoms with Gasteiger partial charge in [-0.15, -0.1) is 6.58 Å². The van der Waals surface area contributed by atoms with Gasteiger partial charge in [-0.25, -0.2) is 19.3 Å². The summed E-state index contributed by atoms with van der Waals surface area (Å²) >= 11 is 0. The first-order valence-corrected chi connectivity index (χ1v) is 11.1. The molecule has 2 N–H and O–H groups in total. The minimum absolute atomic E-state index is 0.132. The van der Waals surface area contributed by atoms with E-state index in [1.54, 1.807) is 21.6 Å². The van der Waals surface area contributed by atoms with Crippen molar-refractivity contribution in [2.24, 2.45) is 0 Å². The number of nitrogens with zero attached hydrogens (tertiary/aromatic N) is 5. The Morgan fingerprint density at radius 3 is 2.85 bits per heavy atom. The molecule has 3 aromatic heterocycles. The van der Waals surface area contributed by atoms with E-state index in [-0.39, 0.29) is 11.0 Å². The normalized spacial score (nSPS) is 13.1. The molecule has 0 amide bonds. The summed E-state index contributed by atoms with van der Waals surface area (Å²) in [6, 6.07) is 12.0. The van der Waals surface area contributed by atoms with Crippen LogP contribution in [0.1, 0.15) is 32.0 Å². The highest BCUT2D eigenvalue weighted by molar-refractivity contribution is 5.77. The molecule has 0 unspecified atom stereocenters. The van der Waals surface area contributed by atoms with Gasteiger partial charge in [0, 0.05) is 35.2 Å². The molecule has 1 aliphatic rings. The number of fused-ring (bicyclic) bond motifs is 2. The van der Waals surface area contributed by atoms with Crippen LogP contribution in [0.3, 0.4) is 0 Å². The molecule has 0 radical (unpaired) electrons. The van der Waals surface area contributed by atoms with E-state index in [1.807, 2.05) is 24.3 Å². The van der Waals surface area contributed by atoms with Crippen molar-refractivity contribution in [3.8, 4) is 5.82 Å². The van der Waals surface area contributed by atoms with Crippen LogP contribution in [0.25, 0.3) is 16.9 Å². The second-order valence-electron chi connectivity index (χ2n) is 9.22. The maximum atomic E-state index is 13.2. The van der Waals surface area contributed by atoms with E-state index >= 15 is 0 Å². The molecule has 8 nitrogen and oxygen atoms in total. The van der Waals surface area contributed by atoms with Crippen molar-refractivity contribution < 1.29 is 0 Å². The number of benzene rings is 1. The zero-order valence-electron chi connectivity index (χ0n) is 19.1. The number of allylic oxidation sites excluding steroid dienone is 1. The number of hydrogen-bond acceptors (Lipinski definition) is 6. The van der Waals surface area contributed by atoms with Gasteiger partial charge in [-0.2, -0.15) is 4.98 Å². The first-order chi connectivity index (χ1) is 15.8. The maximum absolute atomic E-state index is 13.2. The second-order valence-corrected chi connectivity index (χ2v) is 9.22. The van der Waals surface area contributed by atoms with E-state index in [4.69, 9.17) is 9.97 Å². The molecule has 5 rings (SSSR count). The lowest BCUT2D eigenvalue weighted by Gasteiger charge is -2.19. The summed E-state index contributed by atoms with van der Waals surface area (Å²) < 4.78 is 3.35. The van der Waals surface area contributed by atoms with Crippen molar-refractivity contribution in [2.75, 3.05) is 17.2 Å². The second kappa shape index (κ2) is 7.88. The molecule has 0 spiro atoms. The molecule has 168 valence electrons. The minimum Gasteiger partial charge on any atom is -0.384 e. The summed E-state index contributed by atoms with van der Waals surface area (Å²) in [6.45, 7) is 11.4. The summed E-state index contributed by atoms with van der Waals surface area (Å²) in [5.74, 6) is 1.05. The lowest BCUT2D eigenvalue weighted by Crippen LogP contribution is -2.23. The third kappa shape index (κ3) is 3.77. The third-order valence-electron chi connectivity index (χ3n) is 5.77. The number of anilines is 3. The molecule has 8 heteroatoms. The van der Waals surface area contributed by atoms with E-state index in [2.05, 4.69) is 55.1 Å². The highest BCUT2D eigenvalue weighted by Crippen LogP contribution is 2.27. The van der Waals surface area contributed by atoms with Gasteiger partial charge >= 0.3 is 0 Å². The highest BCUT2D eigenvalue weighted by Gasteiger charge is 2.21. The first-order valence-electron chi connectivity index (χ1n) is 11.1. The fourth-order valence-electron chi connectivity index (χ4n) is 4.08. The Hall–Kier alpha value is -3.94. The van der Waals surface area contributed by atoms with E-state index in [1.165, 1.54) is 5.56 Å². The molecule has 1 aromatic carbocycles. The average molecular weight is 442 g/mol. The summed E-state index contributed by atoms with van der Waals surface area (Å²) in [6.07, 6.45) is 4.26. The Morgan fingerprint density at radius 1 is 1.21 bits per heavy atom. The third-order valence-corrected chi connectivity index (χ3v) is 5.77. The van der Waals surface area contributed by atoms with Gasteiger partial charge in [0.05, 0.1) is 6.54 Å². The first kappa shape index (κ1) is 20.9. The van der Waals surface area contributed by atoms with E-state index in [9.17, 15) is 4.79 Å². The van der Waals surface area contributed by atoms with E-state index < -0.39 is 0 Å². The molecule has 1 aliphatic heterocycles. The fourth-order valence-corrected chi connectivity index (χ4v) is 4.08. The highest BCUT2D eigenvalue weighted by atomic mass is 16.1. The average Bonchev–Trinajstić information content (AvgIpc) is 3.36. The van der Waals surface area contributed by atoms with Crippen LogP contribution in [0, 0.1) is 0 Å². The van der Waals surface area contributed by atoms with Crippen LogP contribution in [0.4, 0.5) is 17.3 Å². The minimum atomic E-state index is -0.178. The van der Waals surface area contributed by atoms with Crippen molar-refractivity contribution in [2.45, 2.75) is 39.2 Å². The Kier molecular flexibility index (Phi) is 5.00. The lowest BCUT2D eigenvalue weighted by atomic mass is 9.92. The Morgan fingerprint density at radius 2 is 2.06 bits per heavy atom. The molecule has 0 aliphatic carbocycles. The largest absolute Gasteiger partial charge is 0.384 e. The van der Waals surface area contributed by atoms with Crippen LogP contribution < -0.4 is 16.2 Å². The van der Waals surface area contributed by atoms with Crippen molar-refractivity contribution in [1.82, 2.24) is 24.3 Å². The predicted molar refractivity (Wildman–Crippen MR) is 132 cm³/mol. The molecule has 4 heterocycles. The van der Waals surface area contributed by atoms with Crippen LogP contribution >= 0.6 is 0 Å². The number of hydrogen-bond donors (Lipinski definition) is 2. The van der Waals surface area contributed by atoms with Crippen LogP contribution in [0.5, 0.6) is 0 Å². The summed E-state index contributed by atoms with van der Waals surface area (Å²) in [5, 5.41) is 7.08. The van der Waals surface area contributed by atoms with Crippen LogP contribution in [0.2, 0.25) is 0 Å². The summed E-state index contributed by atoms with van der Waals surface area (Å²) in [4.78, 5) is 27.1. The Bertz CT molecular complexity index is 1430. The number of rotatable bonds is 5. The van der Waals surface area contributed by atoms with Gasteiger partial charge in [0.2, 0.25) is 5.95 Å². The zero-order chi connectivity index (χ0) is 23.2. The van der Waals surface area contributed by atoms with Crippen molar-refractivity contribution in [3.63, 3.8) is 0 Å². The predicted octanol–water partition coefficient (Wildman–Crippen LogP) is 4.17. The molecule has 33 heavy (non-hydrogen) atoms. The lowest BCUT2D eigenvalue weighted by molar-refractivity contribution is 0.554. The van der Waals surface area contributed by atoms with E-state index in [0.29, 0.717) is 29.3 Å². The molecular weight excluding hydrogens is 414 g/mol. The monoisotopic (exact) mass is 441 g/mol. The van der Waals surface area contributed by atoms with Gasteiger partial charge in [0.15, 0.2) is 11.5 Å². The summed E-state index contributed by atoms with van der Waals surface area (Å²) in [5.41, 5.74) is 4.45. The van der Waals surface area contributed by atoms with Gasteiger partial charge < -0.3 is 10.6 Å². The van der Waals surface area contributed by atoms with Gasteiger partial charge in [0.25, 0.3) is 5.56 Å². The fraction of sp³-hybridized carbons (Fsp3) is 0.280. The SMILES string of the molecule is C=CCn1c(=O)c2cnc(Nc3ccc4c(c3)CCN4)nc2n1-c1cccc(C(C)(C)C)n1. The van der Waals surface area contributed by atoms with E-state index in [0.717, 1.165) is 30.0 Å². The van der Waals surface area contributed by atoms with Gasteiger partial charge in [-0.3, -0.25) is 4.79 Å². The van der Waals surface area contributed by atoms with Crippen molar-refractivity contribution in [1.29, 1.82) is 0 Å². The standard InChI is InChI=1S/C25H27N7O/c1-5-13-31-23(33)18-15-27-24(28-17-9-10-19-16(14-17)11-12-26-19)30-22(18)32(31)21-8-6-7-20(29-21)25(2,3)4/h5-10,14-15,26H,1,11-13H2,2-4H3,(H,27,28,30). The summed E-state index contributed by atoms with van der Waals surface area (Å²) in [7, 11) is 0. The molecule has 0 saturated heterocycles. The molecule has 0 fully saturated rings. The van der Waals surface area contributed by atoms with Crippen LogP contribution in [-0.4, -0.2) is 30.9 Å². The Balaban J connectivity index is 1.64. The molecule has 4 aromatic rings. The van der Waals surface area contributed by atoms with Crippen LogP contribution in [-0.2, 0) is 18.4 Å². The molecule has 0 atom stereocenters. The number of nitrogens with one attached hydrogen (secondary N) is 2. The quantitative estimate of drug-likeness (QED) is 0.452. The smallest absolute Gasteiger partial charge is 0.278 e. The molecule has 0 bridgehead atoms. The molecule has 0 saturated carbocycles. The van der Waals surface area contributed by atoms with Gasteiger partial charge in [-0.05, 0) is 42.3 Å². The van der Waals surface area contributed by atoms with Gasteiger partial charge in [0.1, 0.15) is 5.39 Å². The zero-order valence-corrected chi connectivity index (χ0v) is 19.1. The Labute approximate surface area is 192 Å². The molecular formula is C25H27N7O. The topological polar surface area (TPSA) is 89.7 Å². The number of pyridine rings is 1. The van der Waals surface area contributed by atoms with Crippen LogP contribution in [0.15, 0.2) is 60.0 Å². The maximum Gasteiger partial charge on any atom is 0.278 e. The van der Waals surface area contributed by atoms with Crippen molar-refractivity contribution in [3.05, 3.63) is 76.9 Å².